The Balaban J connectivity index is 2.10. The van der Waals surface area contributed by atoms with Gasteiger partial charge in [0.2, 0.25) is 0 Å². The number of aliphatic hydroxyl groups excluding tert-OH is 1. The Morgan fingerprint density at radius 3 is 3.07 bits per heavy atom. The molecule has 0 saturated carbocycles. The summed E-state index contributed by atoms with van der Waals surface area (Å²) in [6.07, 6.45) is 2.25. The molecule has 2 heterocycles. The van der Waals surface area contributed by atoms with Crippen molar-refractivity contribution in [3.05, 3.63) is 12.2 Å². The Morgan fingerprint density at radius 2 is 2.47 bits per heavy atom. The molecule has 2 atom stereocenters. The zero-order valence-corrected chi connectivity index (χ0v) is 9.22. The van der Waals surface area contributed by atoms with Gasteiger partial charge in [-0.3, -0.25) is 0 Å². The number of nitrogens with one attached hydrogen (secondary N) is 1. The van der Waals surface area contributed by atoms with Crippen LogP contribution in [-0.2, 0) is 6.54 Å². The maximum Gasteiger partial charge on any atom is 0.150 e. The van der Waals surface area contributed by atoms with Gasteiger partial charge in [-0.15, -0.1) is 10.2 Å². The zero-order chi connectivity index (χ0) is 10.8. The van der Waals surface area contributed by atoms with Crippen molar-refractivity contribution in [2.45, 2.75) is 39.0 Å². The standard InChI is InChI=1S/C10H18N4O/c1-7(2)5-14-6-12-13-10(14)9-3-8(15)4-11-9/h6-9,11,15H,3-5H2,1-2H3. The van der Waals surface area contributed by atoms with Crippen LogP contribution in [0.3, 0.4) is 0 Å². The lowest BCUT2D eigenvalue weighted by Gasteiger charge is -2.13. The molecular formula is C10H18N4O. The number of aliphatic hydroxyl groups is 1. The van der Waals surface area contributed by atoms with Gasteiger partial charge in [-0.2, -0.15) is 0 Å². The number of aromatic nitrogens is 3. The Hall–Kier alpha value is -0.940. The largest absolute Gasteiger partial charge is 0.392 e. The minimum atomic E-state index is -0.251. The lowest BCUT2D eigenvalue weighted by molar-refractivity contribution is 0.192. The van der Waals surface area contributed by atoms with Crippen LogP contribution in [-0.4, -0.2) is 32.5 Å². The van der Waals surface area contributed by atoms with Crippen molar-refractivity contribution < 1.29 is 5.11 Å². The highest BCUT2D eigenvalue weighted by molar-refractivity contribution is 4.99. The van der Waals surface area contributed by atoms with E-state index in [1.165, 1.54) is 0 Å². The van der Waals surface area contributed by atoms with Gasteiger partial charge in [0.1, 0.15) is 12.2 Å². The topological polar surface area (TPSA) is 63.0 Å². The average Bonchev–Trinajstić information content (AvgIpc) is 2.72. The van der Waals surface area contributed by atoms with Gasteiger partial charge in [0.25, 0.3) is 0 Å². The van der Waals surface area contributed by atoms with Gasteiger partial charge >= 0.3 is 0 Å². The lowest BCUT2D eigenvalue weighted by atomic mass is 10.2. The molecule has 5 heteroatoms. The highest BCUT2D eigenvalue weighted by Crippen LogP contribution is 2.21. The fraction of sp³-hybridized carbons (Fsp3) is 0.800. The van der Waals surface area contributed by atoms with E-state index in [9.17, 15) is 5.11 Å². The molecule has 2 N–H and O–H groups in total. The number of rotatable bonds is 3. The smallest absolute Gasteiger partial charge is 0.150 e. The minimum absolute atomic E-state index is 0.154. The van der Waals surface area contributed by atoms with E-state index < -0.39 is 0 Å². The van der Waals surface area contributed by atoms with E-state index in [1.54, 1.807) is 6.33 Å². The number of β-amino-alcohol motifs (C(OH)–C–C–N with tert-alkyl or cyclic N) is 1. The van der Waals surface area contributed by atoms with Gasteiger partial charge in [0.05, 0.1) is 12.1 Å². The average molecular weight is 210 g/mol. The molecule has 2 unspecified atom stereocenters. The van der Waals surface area contributed by atoms with Gasteiger partial charge in [0, 0.05) is 13.1 Å². The molecule has 1 aliphatic rings. The number of nitrogens with zero attached hydrogens (tertiary/aromatic N) is 3. The first-order valence-electron chi connectivity index (χ1n) is 5.46. The van der Waals surface area contributed by atoms with Gasteiger partial charge in [-0.25, -0.2) is 0 Å². The predicted octanol–water partition coefficient (Wildman–Crippen LogP) is 0.329. The fourth-order valence-electron chi connectivity index (χ4n) is 1.98. The zero-order valence-electron chi connectivity index (χ0n) is 9.22. The number of hydrogen-bond donors (Lipinski definition) is 2. The molecule has 84 valence electrons. The monoisotopic (exact) mass is 210 g/mol. The Labute approximate surface area is 89.5 Å². The van der Waals surface area contributed by atoms with Crippen molar-refractivity contribution in [3.63, 3.8) is 0 Å². The number of hydrogen-bond acceptors (Lipinski definition) is 4. The molecule has 1 fully saturated rings. The molecule has 1 aromatic rings. The summed E-state index contributed by atoms with van der Waals surface area (Å²) in [6.45, 7) is 5.91. The summed E-state index contributed by atoms with van der Waals surface area (Å²) in [4.78, 5) is 0. The summed E-state index contributed by atoms with van der Waals surface area (Å²) in [7, 11) is 0. The van der Waals surface area contributed by atoms with Crippen LogP contribution in [0.4, 0.5) is 0 Å². The Bertz CT molecular complexity index is 323. The molecule has 1 aliphatic heterocycles. The predicted molar refractivity (Wildman–Crippen MR) is 56.2 cm³/mol. The molecule has 0 radical (unpaired) electrons. The molecule has 5 nitrogen and oxygen atoms in total. The second-order valence-electron chi connectivity index (χ2n) is 4.59. The normalized spacial score (nSPS) is 26.4. The summed E-state index contributed by atoms with van der Waals surface area (Å²) in [5, 5.41) is 20.8. The van der Waals surface area contributed by atoms with Gasteiger partial charge < -0.3 is 15.0 Å². The quantitative estimate of drug-likeness (QED) is 0.754. The van der Waals surface area contributed by atoms with Crippen LogP contribution in [0.15, 0.2) is 6.33 Å². The SMILES string of the molecule is CC(C)Cn1cnnc1C1CC(O)CN1. The van der Waals surface area contributed by atoms with Crippen LogP contribution in [0.5, 0.6) is 0 Å². The van der Waals surface area contributed by atoms with E-state index in [1.807, 2.05) is 0 Å². The maximum absolute atomic E-state index is 9.45. The summed E-state index contributed by atoms with van der Waals surface area (Å²) in [5.41, 5.74) is 0. The maximum atomic E-state index is 9.45. The van der Waals surface area contributed by atoms with Crippen LogP contribution >= 0.6 is 0 Å². The van der Waals surface area contributed by atoms with Gasteiger partial charge in [-0.1, -0.05) is 13.8 Å². The summed E-state index contributed by atoms with van der Waals surface area (Å²) in [5.74, 6) is 1.52. The van der Waals surface area contributed by atoms with E-state index in [2.05, 4.69) is 33.9 Å². The van der Waals surface area contributed by atoms with Crippen LogP contribution in [0.1, 0.15) is 32.1 Å². The minimum Gasteiger partial charge on any atom is -0.392 e. The molecule has 0 amide bonds. The molecule has 0 bridgehead atoms. The van der Waals surface area contributed by atoms with Crippen molar-refractivity contribution >= 4 is 0 Å². The molecular weight excluding hydrogens is 192 g/mol. The summed E-state index contributed by atoms with van der Waals surface area (Å²) < 4.78 is 2.07. The third kappa shape index (κ3) is 2.35. The van der Waals surface area contributed by atoms with Crippen molar-refractivity contribution in [3.8, 4) is 0 Å². The van der Waals surface area contributed by atoms with Crippen molar-refractivity contribution in [1.82, 2.24) is 20.1 Å². The summed E-state index contributed by atoms with van der Waals surface area (Å²) in [6, 6.07) is 0.154. The third-order valence-corrected chi connectivity index (χ3v) is 2.63. The first kappa shape index (κ1) is 10.6. The third-order valence-electron chi connectivity index (χ3n) is 2.63. The van der Waals surface area contributed by atoms with Gasteiger partial charge in [-0.05, 0) is 12.3 Å². The first-order valence-corrected chi connectivity index (χ1v) is 5.46. The van der Waals surface area contributed by atoms with E-state index >= 15 is 0 Å². The molecule has 0 spiro atoms. The molecule has 1 aromatic heterocycles. The molecule has 2 rings (SSSR count). The summed E-state index contributed by atoms with van der Waals surface area (Å²) >= 11 is 0. The van der Waals surface area contributed by atoms with E-state index in [4.69, 9.17) is 0 Å². The van der Waals surface area contributed by atoms with Crippen molar-refractivity contribution in [1.29, 1.82) is 0 Å². The van der Waals surface area contributed by atoms with E-state index in [-0.39, 0.29) is 12.1 Å². The second kappa shape index (κ2) is 4.28. The molecule has 1 saturated heterocycles. The van der Waals surface area contributed by atoms with Crippen molar-refractivity contribution in [2.75, 3.05) is 6.54 Å². The van der Waals surface area contributed by atoms with Crippen LogP contribution in [0.2, 0.25) is 0 Å². The second-order valence-corrected chi connectivity index (χ2v) is 4.59. The highest BCUT2D eigenvalue weighted by atomic mass is 16.3. The van der Waals surface area contributed by atoms with Crippen LogP contribution in [0, 0.1) is 5.92 Å². The first-order chi connectivity index (χ1) is 7.16. The van der Waals surface area contributed by atoms with E-state index in [0.29, 0.717) is 12.5 Å². The molecule has 0 aliphatic carbocycles. The van der Waals surface area contributed by atoms with E-state index in [0.717, 1.165) is 18.8 Å². The van der Waals surface area contributed by atoms with Crippen LogP contribution < -0.4 is 5.32 Å². The highest BCUT2D eigenvalue weighted by Gasteiger charge is 2.27. The Kier molecular flexibility index (Phi) is 3.02. The molecule has 15 heavy (non-hydrogen) atoms. The lowest BCUT2D eigenvalue weighted by Crippen LogP contribution is -2.19. The van der Waals surface area contributed by atoms with Crippen molar-refractivity contribution in [2.24, 2.45) is 5.92 Å². The van der Waals surface area contributed by atoms with Gasteiger partial charge in [0.15, 0.2) is 0 Å². The fourth-order valence-corrected chi connectivity index (χ4v) is 1.98. The Morgan fingerprint density at radius 1 is 1.67 bits per heavy atom. The molecule has 0 aromatic carbocycles. The van der Waals surface area contributed by atoms with Crippen LogP contribution in [0.25, 0.3) is 0 Å².